The van der Waals surface area contributed by atoms with E-state index in [1.54, 1.807) is 6.20 Å². The summed E-state index contributed by atoms with van der Waals surface area (Å²) in [6.45, 7) is 0.726. The fourth-order valence-electron chi connectivity index (χ4n) is 2.50. The molecule has 3 aromatic rings. The minimum Gasteiger partial charge on any atom is -0.387 e. The van der Waals surface area contributed by atoms with Crippen LogP contribution in [0.3, 0.4) is 0 Å². The first-order valence-electron chi connectivity index (χ1n) is 7.64. The summed E-state index contributed by atoms with van der Waals surface area (Å²) in [5.41, 5.74) is 1.82. The number of hydrogen-bond donors (Lipinski definition) is 2. The molecule has 1 unspecified atom stereocenters. The van der Waals surface area contributed by atoms with E-state index in [2.05, 4.69) is 10.4 Å². The minimum atomic E-state index is -0.689. The number of aryl methyl sites for hydroxylation is 1. The van der Waals surface area contributed by atoms with E-state index in [0.717, 1.165) is 16.5 Å². The highest BCUT2D eigenvalue weighted by atomic mass is 16.3. The lowest BCUT2D eigenvalue weighted by Crippen LogP contribution is -2.29. The molecule has 23 heavy (non-hydrogen) atoms. The molecule has 5 nitrogen and oxygen atoms in total. The number of nitrogens with zero attached hydrogens (tertiary/aromatic N) is 2. The molecule has 0 bridgehead atoms. The van der Waals surface area contributed by atoms with Crippen molar-refractivity contribution < 1.29 is 9.90 Å². The fraction of sp³-hybridized carbons (Fsp3) is 0.222. The van der Waals surface area contributed by atoms with Crippen LogP contribution in [0.15, 0.2) is 60.8 Å². The lowest BCUT2D eigenvalue weighted by molar-refractivity contribution is -0.121. The van der Waals surface area contributed by atoms with E-state index in [1.165, 1.54) is 0 Å². The quantitative estimate of drug-likeness (QED) is 0.734. The number of hydrogen-bond acceptors (Lipinski definition) is 3. The second-order valence-corrected chi connectivity index (χ2v) is 5.41. The van der Waals surface area contributed by atoms with E-state index in [1.807, 2.05) is 59.3 Å². The molecule has 5 heteroatoms. The van der Waals surface area contributed by atoms with Gasteiger partial charge in [0.15, 0.2) is 0 Å². The highest BCUT2D eigenvalue weighted by molar-refractivity contribution is 5.79. The lowest BCUT2D eigenvalue weighted by atomic mass is 10.1. The highest BCUT2D eigenvalue weighted by Gasteiger charge is 2.10. The van der Waals surface area contributed by atoms with E-state index in [4.69, 9.17) is 0 Å². The van der Waals surface area contributed by atoms with Gasteiger partial charge in [-0.05, 0) is 11.6 Å². The maximum Gasteiger partial charge on any atom is 0.221 e. The smallest absolute Gasteiger partial charge is 0.221 e. The van der Waals surface area contributed by atoms with Crippen molar-refractivity contribution in [2.45, 2.75) is 19.1 Å². The molecule has 118 valence electrons. The van der Waals surface area contributed by atoms with Gasteiger partial charge in [-0.1, -0.05) is 48.5 Å². The third kappa shape index (κ3) is 3.76. The summed E-state index contributed by atoms with van der Waals surface area (Å²) in [6.07, 6.45) is 1.44. The summed E-state index contributed by atoms with van der Waals surface area (Å²) in [5, 5.41) is 18.2. The fourth-order valence-corrected chi connectivity index (χ4v) is 2.50. The minimum absolute atomic E-state index is 0.0976. The number of aliphatic hydroxyl groups is 1. The van der Waals surface area contributed by atoms with Gasteiger partial charge in [-0.2, -0.15) is 5.10 Å². The normalized spacial score (nSPS) is 12.2. The van der Waals surface area contributed by atoms with Gasteiger partial charge in [-0.3, -0.25) is 9.48 Å². The Morgan fingerprint density at radius 3 is 2.70 bits per heavy atom. The van der Waals surface area contributed by atoms with Crippen LogP contribution in [0.5, 0.6) is 0 Å². The van der Waals surface area contributed by atoms with Crippen molar-refractivity contribution in [1.82, 2.24) is 15.1 Å². The summed E-state index contributed by atoms with van der Waals surface area (Å²) in [5.74, 6) is -0.0976. The Labute approximate surface area is 134 Å². The van der Waals surface area contributed by atoms with Crippen LogP contribution in [0, 0.1) is 0 Å². The molecule has 1 heterocycles. The van der Waals surface area contributed by atoms with Crippen LogP contribution < -0.4 is 5.32 Å². The molecule has 3 rings (SSSR count). The van der Waals surface area contributed by atoms with Gasteiger partial charge < -0.3 is 10.4 Å². The molecule has 0 saturated heterocycles. The zero-order valence-electron chi connectivity index (χ0n) is 12.7. The van der Waals surface area contributed by atoms with Crippen molar-refractivity contribution in [3.63, 3.8) is 0 Å². The molecule has 0 radical (unpaired) electrons. The zero-order chi connectivity index (χ0) is 16.1. The number of benzene rings is 2. The Morgan fingerprint density at radius 1 is 1.13 bits per heavy atom. The van der Waals surface area contributed by atoms with E-state index in [9.17, 15) is 9.90 Å². The second kappa shape index (κ2) is 7.07. The number of amides is 1. The molecule has 1 atom stereocenters. The summed E-state index contributed by atoms with van der Waals surface area (Å²) in [7, 11) is 0. The van der Waals surface area contributed by atoms with Crippen molar-refractivity contribution in [3.05, 3.63) is 66.4 Å². The molecular formula is C18H19N3O2. The maximum absolute atomic E-state index is 11.9. The van der Waals surface area contributed by atoms with Gasteiger partial charge in [0.1, 0.15) is 0 Å². The average Bonchev–Trinajstić information content (AvgIpc) is 3.02. The SMILES string of the molecule is O=C(CCn1ncc2ccccc21)NCC(O)c1ccccc1. The van der Waals surface area contributed by atoms with Gasteiger partial charge in [-0.15, -0.1) is 0 Å². The number of carbonyl (C=O) groups excluding carboxylic acids is 1. The zero-order valence-corrected chi connectivity index (χ0v) is 12.7. The standard InChI is InChI=1S/C18H19N3O2/c22-17(14-6-2-1-3-7-14)13-19-18(23)10-11-21-16-9-5-4-8-15(16)12-20-21/h1-9,12,17,22H,10-11,13H2,(H,19,23). The van der Waals surface area contributed by atoms with Crippen molar-refractivity contribution in [2.24, 2.45) is 0 Å². The van der Waals surface area contributed by atoms with Gasteiger partial charge in [0.2, 0.25) is 5.91 Å². The molecule has 0 saturated carbocycles. The molecule has 0 fully saturated rings. The number of aliphatic hydroxyl groups excluding tert-OH is 1. The van der Waals surface area contributed by atoms with E-state index < -0.39 is 6.10 Å². The molecular weight excluding hydrogens is 290 g/mol. The van der Waals surface area contributed by atoms with Gasteiger partial charge in [0, 0.05) is 18.4 Å². The predicted molar refractivity (Wildman–Crippen MR) is 88.8 cm³/mol. The number of carbonyl (C=O) groups is 1. The lowest BCUT2D eigenvalue weighted by Gasteiger charge is -2.12. The van der Waals surface area contributed by atoms with Crippen LogP contribution in [-0.4, -0.2) is 27.3 Å². The van der Waals surface area contributed by atoms with Gasteiger partial charge in [0.25, 0.3) is 0 Å². The Kier molecular flexibility index (Phi) is 4.68. The molecule has 0 aliphatic rings. The van der Waals surface area contributed by atoms with E-state index in [0.29, 0.717) is 13.0 Å². The molecule has 0 aliphatic carbocycles. The molecule has 0 aliphatic heterocycles. The molecule has 2 aromatic carbocycles. The third-order valence-corrected chi connectivity index (χ3v) is 3.78. The van der Waals surface area contributed by atoms with Gasteiger partial charge in [-0.25, -0.2) is 0 Å². The third-order valence-electron chi connectivity index (χ3n) is 3.78. The summed E-state index contributed by atoms with van der Waals surface area (Å²) in [6, 6.07) is 17.2. The Balaban J connectivity index is 1.50. The van der Waals surface area contributed by atoms with Crippen molar-refractivity contribution in [1.29, 1.82) is 0 Å². The molecule has 0 spiro atoms. The van der Waals surface area contributed by atoms with Crippen LogP contribution in [0.25, 0.3) is 10.9 Å². The van der Waals surface area contributed by atoms with Crippen LogP contribution in [0.4, 0.5) is 0 Å². The highest BCUT2D eigenvalue weighted by Crippen LogP contribution is 2.13. The van der Waals surface area contributed by atoms with E-state index >= 15 is 0 Å². The summed E-state index contributed by atoms with van der Waals surface area (Å²) < 4.78 is 1.82. The van der Waals surface area contributed by atoms with Crippen LogP contribution in [-0.2, 0) is 11.3 Å². The summed E-state index contributed by atoms with van der Waals surface area (Å²) in [4.78, 5) is 11.9. The first-order chi connectivity index (χ1) is 11.2. The Bertz CT molecular complexity index is 783. The topological polar surface area (TPSA) is 67.2 Å². The van der Waals surface area contributed by atoms with Crippen molar-refractivity contribution in [3.8, 4) is 0 Å². The number of fused-ring (bicyclic) bond motifs is 1. The second-order valence-electron chi connectivity index (χ2n) is 5.41. The maximum atomic E-state index is 11.9. The van der Waals surface area contributed by atoms with Crippen molar-refractivity contribution in [2.75, 3.05) is 6.54 Å². The monoisotopic (exact) mass is 309 g/mol. The first kappa shape index (κ1) is 15.2. The van der Waals surface area contributed by atoms with E-state index in [-0.39, 0.29) is 12.5 Å². The summed E-state index contributed by atoms with van der Waals surface area (Å²) >= 11 is 0. The number of aromatic nitrogens is 2. The Hall–Kier alpha value is -2.66. The first-order valence-corrected chi connectivity index (χ1v) is 7.64. The number of rotatable bonds is 6. The van der Waals surface area contributed by atoms with Gasteiger partial charge in [0.05, 0.1) is 24.4 Å². The van der Waals surface area contributed by atoms with Crippen LogP contribution in [0.2, 0.25) is 0 Å². The average molecular weight is 309 g/mol. The predicted octanol–water partition coefficient (Wildman–Crippen LogP) is 2.28. The molecule has 1 amide bonds. The van der Waals surface area contributed by atoms with Crippen LogP contribution in [0.1, 0.15) is 18.1 Å². The largest absolute Gasteiger partial charge is 0.387 e. The molecule has 2 N–H and O–H groups in total. The van der Waals surface area contributed by atoms with Crippen molar-refractivity contribution >= 4 is 16.8 Å². The van der Waals surface area contributed by atoms with Gasteiger partial charge >= 0.3 is 0 Å². The number of para-hydroxylation sites is 1. The molecule has 1 aromatic heterocycles. The van der Waals surface area contributed by atoms with Crippen LogP contribution >= 0.6 is 0 Å². The Morgan fingerprint density at radius 2 is 1.87 bits per heavy atom. The number of nitrogens with one attached hydrogen (secondary N) is 1.